The molecule has 2 heterocycles. The number of hydrogen-bond acceptors (Lipinski definition) is 4. The van der Waals surface area contributed by atoms with Crippen molar-refractivity contribution in [2.24, 2.45) is 10.4 Å². The molecule has 0 aromatic heterocycles. The summed E-state index contributed by atoms with van der Waals surface area (Å²) in [6, 6.07) is 0. The molecule has 0 N–H and O–H groups in total. The fraction of sp³-hybridized carbons (Fsp3) is 0.750. The first-order valence-corrected chi connectivity index (χ1v) is 5.36. The highest BCUT2D eigenvalue weighted by Gasteiger charge is 2.49. The van der Waals surface area contributed by atoms with Crippen molar-refractivity contribution >= 4 is 16.9 Å². The van der Waals surface area contributed by atoms with Crippen molar-refractivity contribution in [3.05, 3.63) is 0 Å². The SMILES string of the molecule is CSC(=NC#N)N1CC2(COC2)C1. The molecule has 2 aliphatic rings. The lowest BCUT2D eigenvalue weighted by Gasteiger charge is -2.55. The number of nitrogens with zero attached hydrogens (tertiary/aromatic N) is 3. The molecule has 0 saturated carbocycles. The number of likely N-dealkylation sites (tertiary alicyclic amines) is 1. The van der Waals surface area contributed by atoms with E-state index in [1.54, 1.807) is 0 Å². The third-order valence-corrected chi connectivity index (χ3v) is 3.18. The molecule has 0 bridgehead atoms. The molecule has 0 aromatic carbocycles. The summed E-state index contributed by atoms with van der Waals surface area (Å²) in [5.74, 6) is 0. The van der Waals surface area contributed by atoms with Gasteiger partial charge in [-0.25, -0.2) is 0 Å². The molecule has 1 spiro atoms. The van der Waals surface area contributed by atoms with Gasteiger partial charge >= 0.3 is 0 Å². The number of amidine groups is 1. The van der Waals surface area contributed by atoms with Crippen LogP contribution < -0.4 is 0 Å². The van der Waals surface area contributed by atoms with Gasteiger partial charge in [0, 0.05) is 13.1 Å². The zero-order valence-corrected chi connectivity index (χ0v) is 8.30. The topological polar surface area (TPSA) is 48.6 Å². The Morgan fingerprint density at radius 3 is 2.69 bits per heavy atom. The summed E-state index contributed by atoms with van der Waals surface area (Å²) in [7, 11) is 0. The standard InChI is InChI=1S/C8H11N3OS/c1-13-7(10-6-9)11-2-8(3-11)4-12-5-8/h2-5H2,1H3. The molecule has 0 amide bonds. The van der Waals surface area contributed by atoms with Crippen molar-refractivity contribution in [2.75, 3.05) is 32.6 Å². The second kappa shape index (κ2) is 3.20. The maximum atomic E-state index is 8.44. The summed E-state index contributed by atoms with van der Waals surface area (Å²) in [4.78, 5) is 5.89. The second-order valence-electron chi connectivity index (χ2n) is 3.55. The number of aliphatic imine (C=N–C) groups is 1. The van der Waals surface area contributed by atoms with Gasteiger partial charge in [0.25, 0.3) is 0 Å². The lowest BCUT2D eigenvalue weighted by Crippen LogP contribution is -2.66. The van der Waals surface area contributed by atoms with Crippen LogP contribution in [0.25, 0.3) is 0 Å². The van der Waals surface area contributed by atoms with Crippen LogP contribution in [0.3, 0.4) is 0 Å². The zero-order valence-electron chi connectivity index (χ0n) is 7.49. The first-order valence-electron chi connectivity index (χ1n) is 4.13. The van der Waals surface area contributed by atoms with E-state index in [0.717, 1.165) is 31.5 Å². The predicted molar refractivity (Wildman–Crippen MR) is 51.4 cm³/mol. The van der Waals surface area contributed by atoms with Crippen LogP contribution in [0.4, 0.5) is 0 Å². The molecular weight excluding hydrogens is 186 g/mol. The Kier molecular flexibility index (Phi) is 2.18. The van der Waals surface area contributed by atoms with E-state index in [0.29, 0.717) is 5.41 Å². The zero-order chi connectivity index (χ0) is 9.31. The van der Waals surface area contributed by atoms with Crippen LogP contribution in [0.1, 0.15) is 0 Å². The van der Waals surface area contributed by atoms with Crippen molar-refractivity contribution in [1.29, 1.82) is 5.26 Å². The molecule has 2 saturated heterocycles. The fourth-order valence-electron chi connectivity index (χ4n) is 1.76. The number of ether oxygens (including phenoxy) is 1. The van der Waals surface area contributed by atoms with E-state index in [-0.39, 0.29) is 0 Å². The van der Waals surface area contributed by atoms with Gasteiger partial charge < -0.3 is 9.64 Å². The fourth-order valence-corrected chi connectivity index (χ4v) is 2.28. The van der Waals surface area contributed by atoms with E-state index >= 15 is 0 Å². The summed E-state index contributed by atoms with van der Waals surface area (Å²) in [5.41, 5.74) is 0.395. The van der Waals surface area contributed by atoms with Gasteiger partial charge in [0.1, 0.15) is 0 Å². The lowest BCUT2D eigenvalue weighted by molar-refractivity contribution is -0.170. The Morgan fingerprint density at radius 1 is 1.62 bits per heavy atom. The Bertz CT molecular complexity index is 272. The summed E-state index contributed by atoms with van der Waals surface area (Å²) in [6.07, 6.45) is 3.77. The van der Waals surface area contributed by atoms with Gasteiger partial charge in [0.2, 0.25) is 6.19 Å². The molecule has 4 nitrogen and oxygen atoms in total. The van der Waals surface area contributed by atoms with Crippen LogP contribution >= 0.6 is 11.8 Å². The molecule has 0 atom stereocenters. The summed E-state index contributed by atoms with van der Waals surface area (Å²) >= 11 is 1.53. The first kappa shape index (κ1) is 8.85. The van der Waals surface area contributed by atoms with Crippen molar-refractivity contribution in [2.45, 2.75) is 0 Å². The molecule has 2 aliphatic heterocycles. The lowest BCUT2D eigenvalue weighted by atomic mass is 9.78. The maximum absolute atomic E-state index is 8.44. The molecule has 0 unspecified atom stereocenters. The molecule has 2 fully saturated rings. The van der Waals surface area contributed by atoms with E-state index < -0.39 is 0 Å². The van der Waals surface area contributed by atoms with E-state index in [9.17, 15) is 0 Å². The van der Waals surface area contributed by atoms with Gasteiger partial charge in [-0.15, -0.1) is 4.99 Å². The molecule has 70 valence electrons. The highest BCUT2D eigenvalue weighted by atomic mass is 32.2. The third-order valence-electron chi connectivity index (χ3n) is 2.47. The minimum Gasteiger partial charge on any atom is -0.380 e. The van der Waals surface area contributed by atoms with Crippen LogP contribution in [0.15, 0.2) is 4.99 Å². The second-order valence-corrected chi connectivity index (χ2v) is 4.32. The van der Waals surface area contributed by atoms with Crippen molar-refractivity contribution in [3.63, 3.8) is 0 Å². The molecule has 5 heteroatoms. The van der Waals surface area contributed by atoms with E-state index in [2.05, 4.69) is 9.89 Å². The largest absolute Gasteiger partial charge is 0.380 e. The van der Waals surface area contributed by atoms with Gasteiger partial charge in [0.05, 0.1) is 18.6 Å². The normalized spacial score (nSPS) is 24.9. The van der Waals surface area contributed by atoms with Crippen molar-refractivity contribution in [3.8, 4) is 6.19 Å². The van der Waals surface area contributed by atoms with Crippen LogP contribution in [-0.2, 0) is 4.74 Å². The monoisotopic (exact) mass is 197 g/mol. The number of nitriles is 1. The van der Waals surface area contributed by atoms with Crippen LogP contribution in [0.5, 0.6) is 0 Å². The molecular formula is C8H11N3OS. The highest BCUT2D eigenvalue weighted by Crippen LogP contribution is 2.38. The molecule has 2 rings (SSSR count). The van der Waals surface area contributed by atoms with E-state index in [1.807, 2.05) is 12.4 Å². The Hall–Kier alpha value is -0.730. The molecule has 13 heavy (non-hydrogen) atoms. The average molecular weight is 197 g/mol. The van der Waals surface area contributed by atoms with Gasteiger partial charge in [-0.3, -0.25) is 0 Å². The van der Waals surface area contributed by atoms with E-state index in [4.69, 9.17) is 10.00 Å². The van der Waals surface area contributed by atoms with Crippen molar-refractivity contribution < 1.29 is 4.74 Å². The molecule has 0 radical (unpaired) electrons. The van der Waals surface area contributed by atoms with Gasteiger partial charge in [0.15, 0.2) is 5.17 Å². The minimum atomic E-state index is 0.395. The molecule has 0 aliphatic carbocycles. The summed E-state index contributed by atoms with van der Waals surface area (Å²) in [5, 5.41) is 9.27. The number of rotatable bonds is 0. The Labute approximate surface area is 81.6 Å². The van der Waals surface area contributed by atoms with Gasteiger partial charge in [-0.1, -0.05) is 11.8 Å². The van der Waals surface area contributed by atoms with Crippen LogP contribution in [-0.4, -0.2) is 42.6 Å². The third kappa shape index (κ3) is 1.40. The van der Waals surface area contributed by atoms with Gasteiger partial charge in [-0.2, -0.15) is 5.26 Å². The minimum absolute atomic E-state index is 0.395. The smallest absolute Gasteiger partial charge is 0.208 e. The number of thioether (sulfide) groups is 1. The van der Waals surface area contributed by atoms with Crippen LogP contribution in [0.2, 0.25) is 0 Å². The maximum Gasteiger partial charge on any atom is 0.208 e. The van der Waals surface area contributed by atoms with Crippen LogP contribution in [0, 0.1) is 16.9 Å². The highest BCUT2D eigenvalue weighted by molar-refractivity contribution is 8.13. The predicted octanol–water partition coefficient (Wildman–Crippen LogP) is 0.519. The summed E-state index contributed by atoms with van der Waals surface area (Å²) < 4.78 is 5.16. The number of hydrogen-bond donors (Lipinski definition) is 0. The van der Waals surface area contributed by atoms with Gasteiger partial charge in [-0.05, 0) is 6.26 Å². The van der Waals surface area contributed by atoms with E-state index in [1.165, 1.54) is 11.8 Å². The Balaban J connectivity index is 1.91. The Morgan fingerprint density at radius 2 is 2.31 bits per heavy atom. The first-order chi connectivity index (χ1) is 6.29. The average Bonchev–Trinajstić information content (AvgIpc) is 1.97. The summed E-state index contributed by atoms with van der Waals surface area (Å²) in [6.45, 7) is 3.73. The van der Waals surface area contributed by atoms with Crippen molar-refractivity contribution in [1.82, 2.24) is 4.90 Å². The quantitative estimate of drug-likeness (QED) is 0.323. The molecule has 0 aromatic rings.